The van der Waals surface area contributed by atoms with Gasteiger partial charge in [-0.25, -0.2) is 0 Å². The van der Waals surface area contributed by atoms with Crippen LogP contribution in [-0.2, 0) is 4.79 Å². The summed E-state index contributed by atoms with van der Waals surface area (Å²) in [6, 6.07) is 1.83. The Morgan fingerprint density at radius 3 is 3.13 bits per heavy atom. The van der Waals surface area contributed by atoms with E-state index in [0.717, 1.165) is 31.6 Å². The summed E-state index contributed by atoms with van der Waals surface area (Å²) in [4.78, 5) is 11.8. The van der Waals surface area contributed by atoms with Crippen LogP contribution in [-0.4, -0.2) is 29.2 Å². The van der Waals surface area contributed by atoms with Crippen molar-refractivity contribution < 1.29 is 4.79 Å². The molecule has 2 rings (SSSR count). The third-order valence-corrected chi connectivity index (χ3v) is 2.62. The van der Waals surface area contributed by atoms with Crippen molar-refractivity contribution in [3.05, 3.63) is 11.8 Å². The topological polar surface area (TPSA) is 69.8 Å². The van der Waals surface area contributed by atoms with Gasteiger partial charge in [0.1, 0.15) is 0 Å². The molecule has 0 saturated carbocycles. The standard InChI is InChI=1S/C10H16N4O/c1-7-5-9(14-13-7)12-10(15)8-3-2-4-11-6-8/h5,8,11H,2-4,6H2,1H3,(H2,12,13,14,15). The SMILES string of the molecule is Cc1cc(NC(=O)C2CCCNC2)n[nH]1. The van der Waals surface area contributed by atoms with E-state index in [1.54, 1.807) is 0 Å². The van der Waals surface area contributed by atoms with Gasteiger partial charge >= 0.3 is 0 Å². The summed E-state index contributed by atoms with van der Waals surface area (Å²) in [6.07, 6.45) is 2.03. The monoisotopic (exact) mass is 208 g/mol. The third kappa shape index (κ3) is 2.56. The number of carbonyl (C=O) groups is 1. The highest BCUT2D eigenvalue weighted by Crippen LogP contribution is 2.13. The number of aromatic nitrogens is 2. The minimum Gasteiger partial charge on any atom is -0.316 e. The van der Waals surface area contributed by atoms with Gasteiger partial charge in [0.05, 0.1) is 5.92 Å². The molecular formula is C10H16N4O. The minimum atomic E-state index is 0.0636. The van der Waals surface area contributed by atoms with E-state index >= 15 is 0 Å². The number of hydrogen-bond donors (Lipinski definition) is 3. The van der Waals surface area contributed by atoms with E-state index in [0.29, 0.717) is 5.82 Å². The minimum absolute atomic E-state index is 0.0636. The molecule has 1 aromatic heterocycles. The van der Waals surface area contributed by atoms with E-state index in [1.807, 2.05) is 13.0 Å². The average molecular weight is 208 g/mol. The lowest BCUT2D eigenvalue weighted by Crippen LogP contribution is -2.37. The number of anilines is 1. The van der Waals surface area contributed by atoms with Crippen LogP contribution in [0.25, 0.3) is 0 Å². The molecule has 15 heavy (non-hydrogen) atoms. The zero-order valence-corrected chi connectivity index (χ0v) is 8.84. The van der Waals surface area contributed by atoms with Gasteiger partial charge in [0.25, 0.3) is 0 Å². The number of hydrogen-bond acceptors (Lipinski definition) is 3. The van der Waals surface area contributed by atoms with Crippen molar-refractivity contribution >= 4 is 11.7 Å². The average Bonchev–Trinajstić information content (AvgIpc) is 2.65. The van der Waals surface area contributed by atoms with Gasteiger partial charge < -0.3 is 10.6 Å². The van der Waals surface area contributed by atoms with Crippen molar-refractivity contribution in [1.82, 2.24) is 15.5 Å². The van der Waals surface area contributed by atoms with Crippen LogP contribution in [0.3, 0.4) is 0 Å². The zero-order valence-electron chi connectivity index (χ0n) is 8.84. The van der Waals surface area contributed by atoms with E-state index in [1.165, 1.54) is 0 Å². The second kappa shape index (κ2) is 4.44. The fourth-order valence-corrected chi connectivity index (χ4v) is 1.79. The molecule has 1 aliphatic rings. The van der Waals surface area contributed by atoms with Gasteiger partial charge in [0.2, 0.25) is 5.91 Å². The lowest BCUT2D eigenvalue weighted by atomic mass is 9.99. The van der Waals surface area contributed by atoms with Crippen molar-refractivity contribution in [3.63, 3.8) is 0 Å². The maximum Gasteiger partial charge on any atom is 0.229 e. The number of aryl methyl sites for hydroxylation is 1. The van der Waals surface area contributed by atoms with Crippen molar-refractivity contribution in [2.24, 2.45) is 5.92 Å². The maximum atomic E-state index is 11.8. The molecule has 5 heteroatoms. The highest BCUT2D eigenvalue weighted by molar-refractivity contribution is 5.91. The third-order valence-electron chi connectivity index (χ3n) is 2.62. The predicted octanol–water partition coefficient (Wildman–Crippen LogP) is 0.656. The second-order valence-electron chi connectivity index (χ2n) is 3.97. The van der Waals surface area contributed by atoms with Crippen LogP contribution in [0.4, 0.5) is 5.82 Å². The molecule has 1 aliphatic heterocycles. The van der Waals surface area contributed by atoms with Crippen molar-refractivity contribution in [2.75, 3.05) is 18.4 Å². The molecule has 82 valence electrons. The molecule has 2 heterocycles. The van der Waals surface area contributed by atoms with Crippen LogP contribution in [0.5, 0.6) is 0 Å². The molecule has 1 saturated heterocycles. The molecule has 0 radical (unpaired) electrons. The van der Waals surface area contributed by atoms with Crippen molar-refractivity contribution in [1.29, 1.82) is 0 Å². The van der Waals surface area contributed by atoms with E-state index in [4.69, 9.17) is 0 Å². The van der Waals surface area contributed by atoms with Gasteiger partial charge in [-0.1, -0.05) is 0 Å². The van der Waals surface area contributed by atoms with Gasteiger partial charge in [0.15, 0.2) is 5.82 Å². The van der Waals surface area contributed by atoms with E-state index in [2.05, 4.69) is 20.8 Å². The largest absolute Gasteiger partial charge is 0.316 e. The Labute approximate surface area is 88.6 Å². The molecule has 1 aromatic rings. The van der Waals surface area contributed by atoms with Crippen LogP contribution < -0.4 is 10.6 Å². The number of nitrogens with zero attached hydrogens (tertiary/aromatic N) is 1. The van der Waals surface area contributed by atoms with Gasteiger partial charge in [-0.05, 0) is 26.3 Å². The molecular weight excluding hydrogens is 192 g/mol. The number of carbonyl (C=O) groups excluding carboxylic acids is 1. The molecule has 3 N–H and O–H groups in total. The molecule has 0 spiro atoms. The Morgan fingerprint density at radius 2 is 2.53 bits per heavy atom. The van der Waals surface area contributed by atoms with Crippen LogP contribution in [0.15, 0.2) is 6.07 Å². The Kier molecular flexibility index (Phi) is 3.01. The first-order valence-electron chi connectivity index (χ1n) is 5.29. The van der Waals surface area contributed by atoms with E-state index < -0.39 is 0 Å². The number of nitrogens with one attached hydrogen (secondary N) is 3. The van der Waals surface area contributed by atoms with Crippen LogP contribution in [0.1, 0.15) is 18.5 Å². The maximum absolute atomic E-state index is 11.8. The number of H-pyrrole nitrogens is 1. The van der Waals surface area contributed by atoms with E-state index in [9.17, 15) is 4.79 Å². The quantitative estimate of drug-likeness (QED) is 0.668. The van der Waals surface area contributed by atoms with Crippen molar-refractivity contribution in [3.8, 4) is 0 Å². The summed E-state index contributed by atoms with van der Waals surface area (Å²) >= 11 is 0. The Balaban J connectivity index is 1.91. The smallest absolute Gasteiger partial charge is 0.229 e. The molecule has 0 aliphatic carbocycles. The predicted molar refractivity (Wildman–Crippen MR) is 57.5 cm³/mol. The van der Waals surface area contributed by atoms with Crippen LogP contribution in [0, 0.1) is 12.8 Å². The Morgan fingerprint density at radius 1 is 1.67 bits per heavy atom. The summed E-state index contributed by atoms with van der Waals surface area (Å²) in [5.41, 5.74) is 0.951. The fourth-order valence-electron chi connectivity index (χ4n) is 1.79. The van der Waals surface area contributed by atoms with Gasteiger partial charge in [0, 0.05) is 18.3 Å². The summed E-state index contributed by atoms with van der Waals surface area (Å²) in [5.74, 6) is 0.757. The molecule has 0 bridgehead atoms. The number of piperidine rings is 1. The van der Waals surface area contributed by atoms with Gasteiger partial charge in [-0.3, -0.25) is 9.89 Å². The number of amides is 1. The van der Waals surface area contributed by atoms with E-state index in [-0.39, 0.29) is 11.8 Å². The van der Waals surface area contributed by atoms with Crippen LogP contribution in [0.2, 0.25) is 0 Å². The lowest BCUT2D eigenvalue weighted by Gasteiger charge is -2.21. The Hall–Kier alpha value is -1.36. The second-order valence-corrected chi connectivity index (χ2v) is 3.97. The van der Waals surface area contributed by atoms with Gasteiger partial charge in [-0.2, -0.15) is 5.10 Å². The fraction of sp³-hybridized carbons (Fsp3) is 0.600. The molecule has 0 aromatic carbocycles. The summed E-state index contributed by atoms with van der Waals surface area (Å²) in [7, 11) is 0. The first kappa shape index (κ1) is 10.2. The number of aromatic amines is 1. The summed E-state index contributed by atoms with van der Waals surface area (Å²) < 4.78 is 0. The molecule has 5 nitrogen and oxygen atoms in total. The van der Waals surface area contributed by atoms with Crippen molar-refractivity contribution in [2.45, 2.75) is 19.8 Å². The molecule has 1 fully saturated rings. The van der Waals surface area contributed by atoms with Crippen LogP contribution >= 0.6 is 0 Å². The highest BCUT2D eigenvalue weighted by atomic mass is 16.2. The molecule has 1 unspecified atom stereocenters. The highest BCUT2D eigenvalue weighted by Gasteiger charge is 2.21. The first-order valence-corrected chi connectivity index (χ1v) is 5.29. The summed E-state index contributed by atoms with van der Waals surface area (Å²) in [6.45, 7) is 3.70. The lowest BCUT2D eigenvalue weighted by molar-refractivity contribution is -0.120. The number of rotatable bonds is 2. The molecule has 1 amide bonds. The normalized spacial score (nSPS) is 21.3. The Bertz CT molecular complexity index is 341. The molecule has 1 atom stereocenters. The zero-order chi connectivity index (χ0) is 10.7. The van der Waals surface area contributed by atoms with Gasteiger partial charge in [-0.15, -0.1) is 0 Å². The summed E-state index contributed by atoms with van der Waals surface area (Å²) in [5, 5.41) is 12.8. The first-order chi connectivity index (χ1) is 7.25.